The summed E-state index contributed by atoms with van der Waals surface area (Å²) < 4.78 is 45.3. The van der Waals surface area contributed by atoms with Crippen LogP contribution < -0.4 is 10.1 Å². The predicted molar refractivity (Wildman–Crippen MR) is 75.8 cm³/mol. The fourth-order valence-electron chi connectivity index (χ4n) is 1.49. The van der Waals surface area contributed by atoms with Crippen LogP contribution in [0.4, 0.5) is 13.2 Å². The zero-order chi connectivity index (χ0) is 15.9. The number of rotatable bonds is 8. The first-order chi connectivity index (χ1) is 9.78. The maximum atomic E-state index is 11.9. The Labute approximate surface area is 127 Å². The van der Waals surface area contributed by atoms with Gasteiger partial charge in [-0.1, -0.05) is 31.5 Å². The Morgan fingerprint density at radius 1 is 1.24 bits per heavy atom. The third-order valence-corrected chi connectivity index (χ3v) is 2.76. The smallest absolute Gasteiger partial charge is 0.411 e. The van der Waals surface area contributed by atoms with E-state index in [0.717, 1.165) is 5.56 Å². The molecule has 0 bridgehead atoms. The summed E-state index contributed by atoms with van der Waals surface area (Å²) in [5, 5.41) is 3.68. The summed E-state index contributed by atoms with van der Waals surface area (Å²) in [6, 6.07) is 5.69. The minimum Gasteiger partial charge on any atom is -0.490 e. The van der Waals surface area contributed by atoms with Gasteiger partial charge in [-0.15, -0.1) is 0 Å². The lowest BCUT2D eigenvalue weighted by Crippen LogP contribution is -2.21. The molecule has 0 amide bonds. The van der Waals surface area contributed by atoms with Crippen molar-refractivity contribution in [3.8, 4) is 5.75 Å². The maximum Gasteiger partial charge on any atom is 0.411 e. The van der Waals surface area contributed by atoms with Gasteiger partial charge in [0.05, 0.1) is 11.6 Å². The van der Waals surface area contributed by atoms with Gasteiger partial charge in [0.25, 0.3) is 0 Å². The highest BCUT2D eigenvalue weighted by Crippen LogP contribution is 2.25. The normalized spacial score (nSPS) is 12.0. The maximum absolute atomic E-state index is 11.9. The lowest BCUT2D eigenvalue weighted by molar-refractivity contribution is -0.175. The van der Waals surface area contributed by atoms with Gasteiger partial charge in [0.15, 0.2) is 0 Å². The van der Waals surface area contributed by atoms with Crippen molar-refractivity contribution in [2.24, 2.45) is 0 Å². The van der Waals surface area contributed by atoms with Gasteiger partial charge >= 0.3 is 6.18 Å². The summed E-state index contributed by atoms with van der Waals surface area (Å²) >= 11 is 6.06. The van der Waals surface area contributed by atoms with E-state index in [9.17, 15) is 13.2 Å². The molecule has 0 aliphatic rings. The van der Waals surface area contributed by atoms with Gasteiger partial charge in [0.1, 0.15) is 19.0 Å². The van der Waals surface area contributed by atoms with Crippen molar-refractivity contribution in [1.82, 2.24) is 5.32 Å². The Kier molecular flexibility index (Phi) is 7.28. The Balaban J connectivity index is 2.35. The molecule has 3 nitrogen and oxygen atoms in total. The summed E-state index contributed by atoms with van der Waals surface area (Å²) in [6.45, 7) is 3.36. The largest absolute Gasteiger partial charge is 0.490 e. The molecule has 0 fully saturated rings. The van der Waals surface area contributed by atoms with Gasteiger partial charge in [0.2, 0.25) is 0 Å². The minimum atomic E-state index is -4.32. The van der Waals surface area contributed by atoms with Gasteiger partial charge in [-0.2, -0.15) is 13.2 Å². The van der Waals surface area contributed by atoms with E-state index in [1.165, 1.54) is 0 Å². The minimum absolute atomic E-state index is 0.0133. The second-order valence-corrected chi connectivity index (χ2v) is 5.22. The zero-order valence-corrected chi connectivity index (χ0v) is 12.7. The molecule has 21 heavy (non-hydrogen) atoms. The molecule has 1 aromatic carbocycles. The van der Waals surface area contributed by atoms with Crippen LogP contribution in [0.5, 0.6) is 5.75 Å². The van der Waals surface area contributed by atoms with Crippen LogP contribution in [0.3, 0.4) is 0 Å². The molecule has 0 aliphatic carbocycles. The van der Waals surface area contributed by atoms with Crippen molar-refractivity contribution in [2.45, 2.75) is 32.6 Å². The third-order valence-electron chi connectivity index (χ3n) is 2.46. The molecule has 0 radical (unpaired) electrons. The number of hydrogen-bond acceptors (Lipinski definition) is 3. The molecule has 7 heteroatoms. The topological polar surface area (TPSA) is 30.5 Å². The van der Waals surface area contributed by atoms with Crippen molar-refractivity contribution in [3.05, 3.63) is 28.8 Å². The van der Waals surface area contributed by atoms with E-state index < -0.39 is 12.8 Å². The average Bonchev–Trinajstić information content (AvgIpc) is 2.36. The van der Waals surface area contributed by atoms with E-state index >= 15 is 0 Å². The molecule has 0 unspecified atom stereocenters. The molecule has 0 aliphatic heterocycles. The van der Waals surface area contributed by atoms with Crippen molar-refractivity contribution >= 4 is 11.6 Å². The monoisotopic (exact) mass is 325 g/mol. The first kappa shape index (κ1) is 18.1. The van der Waals surface area contributed by atoms with E-state index in [4.69, 9.17) is 16.3 Å². The number of halogens is 4. The number of alkyl halides is 3. The van der Waals surface area contributed by atoms with Crippen molar-refractivity contribution in [1.29, 1.82) is 0 Å². The lowest BCUT2D eigenvalue weighted by Gasteiger charge is -2.12. The number of benzene rings is 1. The van der Waals surface area contributed by atoms with Gasteiger partial charge in [-0.05, 0) is 17.7 Å². The molecule has 0 saturated heterocycles. The van der Waals surface area contributed by atoms with Gasteiger partial charge in [0, 0.05) is 12.6 Å². The van der Waals surface area contributed by atoms with Gasteiger partial charge < -0.3 is 14.8 Å². The van der Waals surface area contributed by atoms with Crippen molar-refractivity contribution < 1.29 is 22.6 Å². The first-order valence-corrected chi connectivity index (χ1v) is 6.95. The van der Waals surface area contributed by atoms with E-state index in [1.54, 1.807) is 12.1 Å². The Morgan fingerprint density at radius 3 is 2.52 bits per heavy atom. The zero-order valence-electron chi connectivity index (χ0n) is 12.0. The highest BCUT2D eigenvalue weighted by molar-refractivity contribution is 6.32. The van der Waals surface area contributed by atoms with Gasteiger partial charge in [-0.3, -0.25) is 0 Å². The van der Waals surface area contributed by atoms with Crippen LogP contribution in [0, 0.1) is 0 Å². The summed E-state index contributed by atoms with van der Waals surface area (Å²) in [5.41, 5.74) is 1.01. The second kappa shape index (κ2) is 8.46. The Hall–Kier alpha value is -0.980. The van der Waals surface area contributed by atoms with Crippen LogP contribution in [-0.4, -0.2) is 32.0 Å². The SMILES string of the molecule is CC(C)NCc1ccc(OCCOCC(F)(F)F)c(Cl)c1. The van der Waals surface area contributed by atoms with Crippen LogP contribution in [0.2, 0.25) is 5.02 Å². The van der Waals surface area contributed by atoms with Crippen molar-refractivity contribution in [3.63, 3.8) is 0 Å². The molecule has 1 rings (SSSR count). The summed E-state index contributed by atoms with van der Waals surface area (Å²) in [5.74, 6) is 0.431. The molecular weight excluding hydrogens is 307 g/mol. The molecule has 1 N–H and O–H groups in total. The molecule has 0 spiro atoms. The van der Waals surface area contributed by atoms with Crippen molar-refractivity contribution in [2.75, 3.05) is 19.8 Å². The highest BCUT2D eigenvalue weighted by Gasteiger charge is 2.27. The summed E-state index contributed by atoms with van der Waals surface area (Å²) in [7, 11) is 0. The third kappa shape index (κ3) is 8.14. The van der Waals surface area contributed by atoms with Crippen LogP contribution in [0.25, 0.3) is 0 Å². The molecule has 0 aromatic heterocycles. The summed E-state index contributed by atoms with van der Waals surface area (Å²) in [4.78, 5) is 0. The van der Waals surface area contributed by atoms with Gasteiger partial charge in [-0.25, -0.2) is 0 Å². The Bertz CT molecular complexity index is 439. The van der Waals surface area contributed by atoms with Crippen LogP contribution in [-0.2, 0) is 11.3 Å². The molecule has 0 heterocycles. The highest BCUT2D eigenvalue weighted by atomic mass is 35.5. The van der Waals surface area contributed by atoms with Crippen LogP contribution >= 0.6 is 11.6 Å². The lowest BCUT2D eigenvalue weighted by atomic mass is 10.2. The Morgan fingerprint density at radius 2 is 1.95 bits per heavy atom. The number of nitrogens with one attached hydrogen (secondary N) is 1. The fourth-order valence-corrected chi connectivity index (χ4v) is 1.75. The molecule has 1 aromatic rings. The number of hydrogen-bond donors (Lipinski definition) is 1. The van der Waals surface area contributed by atoms with E-state index in [0.29, 0.717) is 23.4 Å². The average molecular weight is 326 g/mol. The van der Waals surface area contributed by atoms with E-state index in [1.807, 2.05) is 19.9 Å². The fraction of sp³-hybridized carbons (Fsp3) is 0.571. The molecule has 120 valence electrons. The molecular formula is C14H19ClF3NO2. The number of ether oxygens (including phenoxy) is 2. The van der Waals surface area contributed by atoms with Crippen LogP contribution in [0.15, 0.2) is 18.2 Å². The summed E-state index contributed by atoms with van der Waals surface area (Å²) in [6.07, 6.45) is -4.32. The quantitative estimate of drug-likeness (QED) is 0.738. The molecule has 0 atom stereocenters. The second-order valence-electron chi connectivity index (χ2n) is 4.82. The van der Waals surface area contributed by atoms with E-state index in [-0.39, 0.29) is 13.2 Å². The predicted octanol–water partition coefficient (Wildman–Crippen LogP) is 3.80. The van der Waals surface area contributed by atoms with Crippen LogP contribution in [0.1, 0.15) is 19.4 Å². The molecule has 0 saturated carbocycles. The van der Waals surface area contributed by atoms with E-state index in [2.05, 4.69) is 10.1 Å². The standard InChI is InChI=1S/C14H19ClF3NO2/c1-10(2)19-8-11-3-4-13(12(15)7-11)21-6-5-20-9-14(16,17)18/h3-4,7,10,19H,5-6,8-9H2,1-2H3. The first-order valence-electron chi connectivity index (χ1n) is 6.57.